The van der Waals surface area contributed by atoms with Gasteiger partial charge in [-0.1, -0.05) is 17.9 Å². The highest BCUT2D eigenvalue weighted by molar-refractivity contribution is 7.90. The van der Waals surface area contributed by atoms with Gasteiger partial charge in [0.15, 0.2) is 0 Å². The molecule has 1 N–H and O–H groups in total. The van der Waals surface area contributed by atoms with E-state index < -0.39 is 9.84 Å². The lowest BCUT2D eigenvalue weighted by Gasteiger charge is -2.16. The van der Waals surface area contributed by atoms with Gasteiger partial charge in [-0.15, -0.1) is 0 Å². The van der Waals surface area contributed by atoms with Crippen molar-refractivity contribution in [2.75, 3.05) is 32.2 Å². The van der Waals surface area contributed by atoms with Crippen LogP contribution in [-0.2, 0) is 9.84 Å². The number of sulfone groups is 1. The summed E-state index contributed by atoms with van der Waals surface area (Å²) in [4.78, 5) is 13.5. The summed E-state index contributed by atoms with van der Waals surface area (Å²) in [7, 11) is -1.54. The summed E-state index contributed by atoms with van der Waals surface area (Å²) in [6.07, 6.45) is 1.14. The van der Waals surface area contributed by atoms with Crippen LogP contribution in [-0.4, -0.2) is 56.5 Å². The first kappa shape index (κ1) is 16.2. The molecule has 0 aliphatic rings. The molecule has 0 radical (unpaired) electrons. The van der Waals surface area contributed by atoms with Crippen LogP contribution in [0, 0.1) is 11.8 Å². The van der Waals surface area contributed by atoms with Gasteiger partial charge in [-0.2, -0.15) is 0 Å². The van der Waals surface area contributed by atoms with E-state index in [0.717, 1.165) is 6.26 Å². The van der Waals surface area contributed by atoms with E-state index in [1.807, 2.05) is 0 Å². The third-order valence-electron chi connectivity index (χ3n) is 2.57. The molecule has 1 amide bonds. The number of hydrogen-bond donors (Lipinski definition) is 1. The molecule has 1 aromatic rings. The Hall–Kier alpha value is -1.84. The van der Waals surface area contributed by atoms with Gasteiger partial charge in [-0.25, -0.2) is 8.42 Å². The summed E-state index contributed by atoms with van der Waals surface area (Å²) in [5, 5.41) is 8.63. The first-order valence-electron chi connectivity index (χ1n) is 5.96. The zero-order valence-electron chi connectivity index (χ0n) is 11.5. The topological polar surface area (TPSA) is 74.7 Å². The SMILES string of the molecule is CN(CCS(C)(=O)=O)C(=O)c1cccc(C#CCO)c1. The Morgan fingerprint density at radius 2 is 2.10 bits per heavy atom. The standard InChI is InChI=1S/C14H17NO4S/c1-15(8-10-20(2,18)19)14(17)13-7-3-5-12(11-13)6-4-9-16/h3,5,7,11,16H,8-10H2,1-2H3. The van der Waals surface area contributed by atoms with Gasteiger partial charge >= 0.3 is 0 Å². The van der Waals surface area contributed by atoms with Crippen LogP contribution < -0.4 is 0 Å². The van der Waals surface area contributed by atoms with E-state index in [1.165, 1.54) is 4.90 Å². The smallest absolute Gasteiger partial charge is 0.253 e. The number of rotatable bonds is 4. The fourth-order valence-electron chi connectivity index (χ4n) is 1.50. The third-order valence-corrected chi connectivity index (χ3v) is 3.49. The van der Waals surface area contributed by atoms with Gasteiger partial charge in [-0.05, 0) is 18.2 Å². The maximum absolute atomic E-state index is 12.1. The highest BCUT2D eigenvalue weighted by Crippen LogP contribution is 2.07. The fourth-order valence-corrected chi connectivity index (χ4v) is 2.10. The molecule has 1 aromatic carbocycles. The molecule has 6 heteroatoms. The lowest BCUT2D eigenvalue weighted by atomic mass is 10.1. The molecule has 0 fully saturated rings. The summed E-state index contributed by atoms with van der Waals surface area (Å²) in [6.45, 7) is -0.101. The molecule has 0 aliphatic carbocycles. The lowest BCUT2D eigenvalue weighted by Crippen LogP contribution is -2.31. The second-order valence-electron chi connectivity index (χ2n) is 4.40. The van der Waals surface area contributed by atoms with Crippen LogP contribution in [0.4, 0.5) is 0 Å². The molecule has 0 saturated carbocycles. The minimum absolute atomic E-state index is 0.0702. The average molecular weight is 295 g/mol. The largest absolute Gasteiger partial charge is 0.384 e. The number of benzene rings is 1. The van der Waals surface area contributed by atoms with Crippen LogP contribution in [0.25, 0.3) is 0 Å². The van der Waals surface area contributed by atoms with Crippen molar-refractivity contribution in [3.8, 4) is 11.8 Å². The van der Waals surface area contributed by atoms with E-state index >= 15 is 0 Å². The Labute approximate surface area is 119 Å². The normalized spacial score (nSPS) is 10.6. The van der Waals surface area contributed by atoms with Crippen molar-refractivity contribution >= 4 is 15.7 Å². The van der Waals surface area contributed by atoms with Crippen molar-refractivity contribution in [2.45, 2.75) is 0 Å². The zero-order valence-corrected chi connectivity index (χ0v) is 12.3. The van der Waals surface area contributed by atoms with Crippen molar-refractivity contribution in [3.05, 3.63) is 35.4 Å². The van der Waals surface area contributed by atoms with Crippen molar-refractivity contribution in [3.63, 3.8) is 0 Å². The number of carbonyl (C=O) groups excluding carboxylic acids is 1. The molecule has 20 heavy (non-hydrogen) atoms. The Morgan fingerprint density at radius 1 is 1.40 bits per heavy atom. The maximum atomic E-state index is 12.1. The van der Waals surface area contributed by atoms with Gasteiger partial charge in [0.2, 0.25) is 0 Å². The molecular weight excluding hydrogens is 278 g/mol. The molecule has 0 unspecified atom stereocenters. The Balaban J connectivity index is 2.81. The predicted octanol–water partition coefficient (Wildman–Crippen LogP) is 0.147. The Kier molecular flexibility index (Phi) is 5.74. The van der Waals surface area contributed by atoms with E-state index in [4.69, 9.17) is 5.11 Å². The van der Waals surface area contributed by atoms with E-state index in [9.17, 15) is 13.2 Å². The average Bonchev–Trinajstić information content (AvgIpc) is 2.41. The van der Waals surface area contributed by atoms with E-state index in [2.05, 4.69) is 11.8 Å². The summed E-state index contributed by atoms with van der Waals surface area (Å²) < 4.78 is 22.2. The van der Waals surface area contributed by atoms with Crippen molar-refractivity contribution < 1.29 is 18.3 Å². The van der Waals surface area contributed by atoms with Crippen LogP contribution in [0.1, 0.15) is 15.9 Å². The Morgan fingerprint density at radius 3 is 2.70 bits per heavy atom. The van der Waals surface area contributed by atoms with Crippen LogP contribution in [0.3, 0.4) is 0 Å². The van der Waals surface area contributed by atoms with Crippen LogP contribution in [0.2, 0.25) is 0 Å². The minimum atomic E-state index is -3.10. The van der Waals surface area contributed by atoms with Gasteiger partial charge in [0.1, 0.15) is 16.4 Å². The molecular formula is C14H17NO4S. The molecule has 0 aromatic heterocycles. The molecule has 1 rings (SSSR count). The number of nitrogens with zero attached hydrogens (tertiary/aromatic N) is 1. The predicted molar refractivity (Wildman–Crippen MR) is 77.1 cm³/mol. The van der Waals surface area contributed by atoms with Gasteiger partial charge in [0.05, 0.1) is 5.75 Å². The summed E-state index contributed by atoms with van der Waals surface area (Å²) in [5.74, 6) is 4.89. The second-order valence-corrected chi connectivity index (χ2v) is 6.66. The first-order valence-corrected chi connectivity index (χ1v) is 8.02. The van der Waals surface area contributed by atoms with Gasteiger partial charge in [0, 0.05) is 31.0 Å². The molecule has 108 valence electrons. The summed E-state index contributed by atoms with van der Waals surface area (Å²) in [5.41, 5.74) is 1.06. The summed E-state index contributed by atoms with van der Waals surface area (Å²) >= 11 is 0. The molecule has 0 spiro atoms. The number of hydrogen-bond acceptors (Lipinski definition) is 4. The number of amides is 1. The van der Waals surface area contributed by atoms with E-state index in [1.54, 1.807) is 31.3 Å². The van der Waals surface area contributed by atoms with Crippen molar-refractivity contribution in [1.82, 2.24) is 4.90 Å². The van der Waals surface area contributed by atoms with Crippen LogP contribution in [0.15, 0.2) is 24.3 Å². The number of aliphatic hydroxyl groups is 1. The molecule has 0 aliphatic heterocycles. The fraction of sp³-hybridized carbons (Fsp3) is 0.357. The summed E-state index contributed by atoms with van der Waals surface area (Å²) in [6, 6.07) is 6.68. The third kappa shape index (κ3) is 5.43. The van der Waals surface area contributed by atoms with E-state index in [0.29, 0.717) is 11.1 Å². The quantitative estimate of drug-likeness (QED) is 0.802. The highest BCUT2D eigenvalue weighted by atomic mass is 32.2. The maximum Gasteiger partial charge on any atom is 0.253 e. The molecule has 5 nitrogen and oxygen atoms in total. The lowest BCUT2D eigenvalue weighted by molar-refractivity contribution is 0.0803. The molecule has 0 atom stereocenters. The Bertz CT molecular complexity index is 641. The molecule has 0 heterocycles. The zero-order chi connectivity index (χ0) is 15.2. The van der Waals surface area contributed by atoms with Crippen LogP contribution in [0.5, 0.6) is 0 Å². The number of carbonyl (C=O) groups is 1. The van der Waals surface area contributed by atoms with Crippen molar-refractivity contribution in [2.24, 2.45) is 0 Å². The monoisotopic (exact) mass is 295 g/mol. The number of aliphatic hydroxyl groups excluding tert-OH is 1. The van der Waals surface area contributed by atoms with Gasteiger partial charge < -0.3 is 10.0 Å². The van der Waals surface area contributed by atoms with Gasteiger partial charge in [0.25, 0.3) is 5.91 Å². The first-order chi connectivity index (χ1) is 9.33. The van der Waals surface area contributed by atoms with E-state index in [-0.39, 0.29) is 24.8 Å². The van der Waals surface area contributed by atoms with Gasteiger partial charge in [-0.3, -0.25) is 4.79 Å². The minimum Gasteiger partial charge on any atom is -0.384 e. The van der Waals surface area contributed by atoms with Crippen LogP contribution >= 0.6 is 0 Å². The highest BCUT2D eigenvalue weighted by Gasteiger charge is 2.13. The molecule has 0 saturated heterocycles. The second kappa shape index (κ2) is 7.08. The molecule has 0 bridgehead atoms. The van der Waals surface area contributed by atoms with Crippen molar-refractivity contribution in [1.29, 1.82) is 0 Å².